The van der Waals surface area contributed by atoms with Gasteiger partial charge in [-0.05, 0) is 24.8 Å². The fourth-order valence-corrected chi connectivity index (χ4v) is 2.27. The Morgan fingerprint density at radius 2 is 1.87 bits per heavy atom. The van der Waals surface area contributed by atoms with E-state index in [9.17, 15) is 19.5 Å². The molecule has 1 fully saturated rings. The summed E-state index contributed by atoms with van der Waals surface area (Å²) >= 11 is 0. The second-order valence-electron chi connectivity index (χ2n) is 5.82. The summed E-state index contributed by atoms with van der Waals surface area (Å²) in [5, 5.41) is 14.5. The first-order valence-electron chi connectivity index (χ1n) is 7.90. The van der Waals surface area contributed by atoms with Gasteiger partial charge in [-0.25, -0.2) is 4.79 Å². The number of amides is 2. The Morgan fingerprint density at radius 3 is 2.48 bits per heavy atom. The van der Waals surface area contributed by atoms with Gasteiger partial charge in [0.05, 0.1) is 0 Å². The molecule has 1 saturated carbocycles. The molecule has 2 rings (SSSR count). The smallest absolute Gasteiger partial charge is 0.326 e. The first kappa shape index (κ1) is 17.0. The monoisotopic (exact) mass is 318 g/mol. The lowest BCUT2D eigenvalue weighted by molar-refractivity contribution is -0.141. The van der Waals surface area contributed by atoms with Crippen LogP contribution in [0.25, 0.3) is 0 Å². The molecule has 124 valence electrons. The number of hydrogen-bond donors (Lipinski definition) is 3. The minimum atomic E-state index is -1.05. The summed E-state index contributed by atoms with van der Waals surface area (Å²) in [5.74, 6) is -1.15. The highest BCUT2D eigenvalue weighted by Gasteiger charge is 2.29. The van der Waals surface area contributed by atoms with Crippen LogP contribution in [0.2, 0.25) is 0 Å². The molecule has 23 heavy (non-hydrogen) atoms. The summed E-state index contributed by atoms with van der Waals surface area (Å²) in [6.45, 7) is 0.444. The summed E-state index contributed by atoms with van der Waals surface area (Å²) in [6.07, 6.45) is 2.85. The van der Waals surface area contributed by atoms with Gasteiger partial charge in [-0.2, -0.15) is 0 Å². The van der Waals surface area contributed by atoms with Gasteiger partial charge in [-0.1, -0.05) is 30.3 Å². The Labute approximate surface area is 135 Å². The van der Waals surface area contributed by atoms with Crippen LogP contribution >= 0.6 is 0 Å². The standard InChI is InChI=1S/C17H22N2O4/c20-15(7-4-10-18-16(21)13-8-9-13)19-14(17(22)23)11-12-5-2-1-3-6-12/h1-3,5-6,13-14H,4,7-11H2,(H,18,21)(H,19,20)(H,22,23)/t14-/m1/s1. The fourth-order valence-electron chi connectivity index (χ4n) is 2.27. The number of benzene rings is 1. The Hall–Kier alpha value is -2.37. The van der Waals surface area contributed by atoms with Crippen LogP contribution < -0.4 is 10.6 Å². The van der Waals surface area contributed by atoms with E-state index in [1.54, 1.807) is 0 Å². The van der Waals surface area contributed by atoms with Crippen LogP contribution in [0.5, 0.6) is 0 Å². The first-order valence-corrected chi connectivity index (χ1v) is 7.90. The lowest BCUT2D eigenvalue weighted by Gasteiger charge is -2.14. The number of carboxylic acid groups (broad SMARTS) is 1. The third-order valence-corrected chi connectivity index (χ3v) is 3.74. The van der Waals surface area contributed by atoms with E-state index in [4.69, 9.17) is 0 Å². The Bertz CT molecular complexity index is 555. The Kier molecular flexibility index (Phi) is 6.14. The number of rotatable bonds is 9. The number of hydrogen-bond acceptors (Lipinski definition) is 3. The molecule has 0 unspecified atom stereocenters. The lowest BCUT2D eigenvalue weighted by atomic mass is 10.1. The van der Waals surface area contributed by atoms with Crippen molar-refractivity contribution >= 4 is 17.8 Å². The average Bonchev–Trinajstić information content (AvgIpc) is 3.36. The average molecular weight is 318 g/mol. The summed E-state index contributed by atoms with van der Waals surface area (Å²) in [7, 11) is 0. The van der Waals surface area contributed by atoms with Gasteiger partial charge in [-0.3, -0.25) is 9.59 Å². The van der Waals surface area contributed by atoms with Crippen molar-refractivity contribution in [3.8, 4) is 0 Å². The van der Waals surface area contributed by atoms with Crippen LogP contribution in [0.4, 0.5) is 0 Å². The third kappa shape index (κ3) is 6.10. The highest BCUT2D eigenvalue weighted by Crippen LogP contribution is 2.28. The van der Waals surface area contributed by atoms with E-state index in [1.165, 1.54) is 0 Å². The molecule has 0 aromatic heterocycles. The van der Waals surface area contributed by atoms with E-state index >= 15 is 0 Å². The number of nitrogens with one attached hydrogen (secondary N) is 2. The van der Waals surface area contributed by atoms with Crippen molar-refractivity contribution < 1.29 is 19.5 Å². The van der Waals surface area contributed by atoms with Gasteiger partial charge in [0.1, 0.15) is 6.04 Å². The summed E-state index contributed by atoms with van der Waals surface area (Å²) in [5.41, 5.74) is 0.858. The zero-order valence-corrected chi connectivity index (χ0v) is 13.0. The van der Waals surface area contributed by atoms with Crippen molar-refractivity contribution in [2.45, 2.75) is 38.1 Å². The van der Waals surface area contributed by atoms with E-state index < -0.39 is 12.0 Å². The topological polar surface area (TPSA) is 95.5 Å². The molecule has 1 aliphatic carbocycles. The van der Waals surface area contributed by atoms with E-state index in [1.807, 2.05) is 30.3 Å². The zero-order chi connectivity index (χ0) is 16.7. The van der Waals surface area contributed by atoms with Crippen molar-refractivity contribution in [1.82, 2.24) is 10.6 Å². The number of aliphatic carboxylic acids is 1. The molecule has 3 N–H and O–H groups in total. The van der Waals surface area contributed by atoms with E-state index in [-0.39, 0.29) is 30.6 Å². The molecule has 2 amide bonds. The number of carboxylic acids is 1. The van der Waals surface area contributed by atoms with Gasteiger partial charge in [-0.15, -0.1) is 0 Å². The molecule has 1 atom stereocenters. The molecular formula is C17H22N2O4. The van der Waals surface area contributed by atoms with Crippen LogP contribution in [0.15, 0.2) is 30.3 Å². The van der Waals surface area contributed by atoms with Gasteiger partial charge in [0, 0.05) is 25.3 Å². The van der Waals surface area contributed by atoms with E-state index in [2.05, 4.69) is 10.6 Å². The molecule has 0 radical (unpaired) electrons. The molecule has 0 saturated heterocycles. The lowest BCUT2D eigenvalue weighted by Crippen LogP contribution is -2.42. The SMILES string of the molecule is O=C(CCCNC(=O)C1CC1)N[C@H](Cc1ccccc1)C(=O)O. The van der Waals surface area contributed by atoms with Crippen molar-refractivity contribution in [2.24, 2.45) is 5.92 Å². The summed E-state index contributed by atoms with van der Waals surface area (Å²) < 4.78 is 0. The highest BCUT2D eigenvalue weighted by atomic mass is 16.4. The second kappa shape index (κ2) is 8.31. The number of carbonyl (C=O) groups is 3. The minimum absolute atomic E-state index is 0.0536. The number of carbonyl (C=O) groups excluding carboxylic acids is 2. The maximum atomic E-state index is 11.9. The van der Waals surface area contributed by atoms with Crippen LogP contribution in [-0.2, 0) is 20.8 Å². The quantitative estimate of drug-likeness (QED) is 0.594. The van der Waals surface area contributed by atoms with Crippen molar-refractivity contribution in [2.75, 3.05) is 6.54 Å². The van der Waals surface area contributed by atoms with Crippen molar-refractivity contribution in [3.05, 3.63) is 35.9 Å². The molecule has 0 aliphatic heterocycles. The molecule has 0 spiro atoms. The minimum Gasteiger partial charge on any atom is -0.480 e. The molecule has 0 bridgehead atoms. The van der Waals surface area contributed by atoms with Gasteiger partial charge in [0.15, 0.2) is 0 Å². The van der Waals surface area contributed by atoms with Crippen molar-refractivity contribution in [1.29, 1.82) is 0 Å². The van der Waals surface area contributed by atoms with Crippen LogP contribution in [-0.4, -0.2) is 35.5 Å². The van der Waals surface area contributed by atoms with Crippen LogP contribution in [0, 0.1) is 5.92 Å². The first-order chi connectivity index (χ1) is 11.1. The normalized spacial score (nSPS) is 14.8. The zero-order valence-electron chi connectivity index (χ0n) is 13.0. The predicted molar refractivity (Wildman–Crippen MR) is 84.7 cm³/mol. The Balaban J connectivity index is 1.70. The maximum Gasteiger partial charge on any atom is 0.326 e. The second-order valence-corrected chi connectivity index (χ2v) is 5.82. The molecule has 1 aromatic rings. The van der Waals surface area contributed by atoms with Crippen LogP contribution in [0.3, 0.4) is 0 Å². The summed E-state index contributed by atoms with van der Waals surface area (Å²) in [6, 6.07) is 8.24. The van der Waals surface area contributed by atoms with Crippen LogP contribution in [0.1, 0.15) is 31.2 Å². The maximum absolute atomic E-state index is 11.9. The molecule has 0 heterocycles. The third-order valence-electron chi connectivity index (χ3n) is 3.74. The molecule has 6 heteroatoms. The highest BCUT2D eigenvalue weighted by molar-refractivity contribution is 5.84. The summed E-state index contributed by atoms with van der Waals surface area (Å²) in [4.78, 5) is 34.6. The largest absolute Gasteiger partial charge is 0.480 e. The molecule has 1 aromatic carbocycles. The van der Waals surface area contributed by atoms with Gasteiger partial charge in [0.25, 0.3) is 0 Å². The fraction of sp³-hybridized carbons (Fsp3) is 0.471. The van der Waals surface area contributed by atoms with E-state index in [0.29, 0.717) is 13.0 Å². The van der Waals surface area contributed by atoms with E-state index in [0.717, 1.165) is 18.4 Å². The molecule has 6 nitrogen and oxygen atoms in total. The Morgan fingerprint density at radius 1 is 1.17 bits per heavy atom. The van der Waals surface area contributed by atoms with Crippen molar-refractivity contribution in [3.63, 3.8) is 0 Å². The predicted octanol–water partition coefficient (Wildman–Crippen LogP) is 1.10. The van der Waals surface area contributed by atoms with Gasteiger partial charge in [0.2, 0.25) is 11.8 Å². The van der Waals surface area contributed by atoms with Gasteiger partial charge >= 0.3 is 5.97 Å². The molecule has 1 aliphatic rings. The van der Waals surface area contributed by atoms with Gasteiger partial charge < -0.3 is 15.7 Å². The molecular weight excluding hydrogens is 296 g/mol.